The molecule has 0 amide bonds. The Labute approximate surface area is 131 Å². The molecule has 1 aliphatic heterocycles. The van der Waals surface area contributed by atoms with Crippen molar-refractivity contribution in [3.05, 3.63) is 0 Å². The van der Waals surface area contributed by atoms with Gasteiger partial charge in [0, 0.05) is 19.3 Å². The first-order chi connectivity index (χ1) is 10.0. The fourth-order valence-electron chi connectivity index (χ4n) is 4.46. The Morgan fingerprint density at radius 3 is 2.62 bits per heavy atom. The molecular weight excluding hydrogens is 262 g/mol. The van der Waals surface area contributed by atoms with Crippen LogP contribution in [0.2, 0.25) is 0 Å². The van der Waals surface area contributed by atoms with Crippen LogP contribution in [-0.4, -0.2) is 37.0 Å². The van der Waals surface area contributed by atoms with Crippen LogP contribution in [0.3, 0.4) is 0 Å². The average Bonchev–Trinajstić information content (AvgIpc) is 2.87. The second-order valence-electron chi connectivity index (χ2n) is 7.46. The molecule has 1 heterocycles. The van der Waals surface area contributed by atoms with Crippen LogP contribution in [0, 0.1) is 5.92 Å². The summed E-state index contributed by atoms with van der Waals surface area (Å²) in [7, 11) is 0. The Bertz CT molecular complexity index is 310. The standard InChI is InChI=1S/C18H35NO2/c1-5-12-19-16(17(3,4)20-6-2)15-9-13-21-18(14-15)10-7-8-11-18/h15-16,19H,5-14H2,1-4H3. The Balaban J connectivity index is 2.07. The first kappa shape index (κ1) is 17.2. The zero-order chi connectivity index (χ0) is 15.3. The number of rotatable bonds is 7. The molecule has 3 heteroatoms. The summed E-state index contributed by atoms with van der Waals surface area (Å²) >= 11 is 0. The minimum Gasteiger partial charge on any atom is -0.375 e. The summed E-state index contributed by atoms with van der Waals surface area (Å²) in [6, 6.07) is 0.429. The van der Waals surface area contributed by atoms with Gasteiger partial charge in [0.25, 0.3) is 0 Å². The maximum Gasteiger partial charge on any atom is 0.0781 e. The molecular formula is C18H35NO2. The summed E-state index contributed by atoms with van der Waals surface area (Å²) in [5.41, 5.74) is 0.0864. The Morgan fingerprint density at radius 1 is 1.29 bits per heavy atom. The van der Waals surface area contributed by atoms with E-state index in [0.717, 1.165) is 19.8 Å². The van der Waals surface area contributed by atoms with Crippen LogP contribution >= 0.6 is 0 Å². The molecule has 1 saturated carbocycles. The number of ether oxygens (including phenoxy) is 2. The average molecular weight is 297 g/mol. The lowest BCUT2D eigenvalue weighted by Gasteiger charge is -2.46. The summed E-state index contributed by atoms with van der Waals surface area (Å²) in [6.45, 7) is 11.6. The van der Waals surface area contributed by atoms with Gasteiger partial charge in [-0.05, 0) is 65.3 Å². The highest BCUT2D eigenvalue weighted by atomic mass is 16.5. The topological polar surface area (TPSA) is 30.5 Å². The second-order valence-corrected chi connectivity index (χ2v) is 7.46. The maximum atomic E-state index is 6.22. The molecule has 2 rings (SSSR count). The molecule has 124 valence electrons. The molecule has 1 spiro atoms. The molecule has 21 heavy (non-hydrogen) atoms. The van der Waals surface area contributed by atoms with Gasteiger partial charge in [0.1, 0.15) is 0 Å². The van der Waals surface area contributed by atoms with E-state index in [1.54, 1.807) is 0 Å². The molecule has 0 radical (unpaired) electrons. The van der Waals surface area contributed by atoms with Crippen molar-refractivity contribution in [3.63, 3.8) is 0 Å². The van der Waals surface area contributed by atoms with E-state index in [1.807, 2.05) is 0 Å². The highest BCUT2D eigenvalue weighted by molar-refractivity contribution is 4.99. The summed E-state index contributed by atoms with van der Waals surface area (Å²) < 4.78 is 12.3. The van der Waals surface area contributed by atoms with Crippen molar-refractivity contribution < 1.29 is 9.47 Å². The molecule has 1 saturated heterocycles. The molecule has 0 aromatic rings. The summed E-state index contributed by atoms with van der Waals surface area (Å²) in [5.74, 6) is 0.671. The van der Waals surface area contributed by atoms with Crippen molar-refractivity contribution in [2.24, 2.45) is 5.92 Å². The minimum atomic E-state index is -0.105. The van der Waals surface area contributed by atoms with Gasteiger partial charge >= 0.3 is 0 Å². The van der Waals surface area contributed by atoms with Gasteiger partial charge < -0.3 is 14.8 Å². The molecule has 3 nitrogen and oxygen atoms in total. The third-order valence-corrected chi connectivity index (χ3v) is 5.40. The van der Waals surface area contributed by atoms with Gasteiger partial charge in [-0.1, -0.05) is 19.8 Å². The Hall–Kier alpha value is -0.120. The van der Waals surface area contributed by atoms with E-state index in [0.29, 0.717) is 12.0 Å². The van der Waals surface area contributed by atoms with Crippen molar-refractivity contribution in [1.82, 2.24) is 5.32 Å². The van der Waals surface area contributed by atoms with E-state index in [4.69, 9.17) is 9.47 Å². The molecule has 0 aromatic carbocycles. The maximum absolute atomic E-state index is 6.22. The number of hydrogen-bond acceptors (Lipinski definition) is 3. The zero-order valence-corrected chi connectivity index (χ0v) is 14.5. The van der Waals surface area contributed by atoms with Crippen LogP contribution in [-0.2, 0) is 9.47 Å². The second kappa shape index (κ2) is 7.43. The van der Waals surface area contributed by atoms with Crippen LogP contribution in [0.4, 0.5) is 0 Å². The Morgan fingerprint density at radius 2 is 2.00 bits per heavy atom. The Kier molecular flexibility index (Phi) is 6.10. The fraction of sp³-hybridized carbons (Fsp3) is 1.00. The van der Waals surface area contributed by atoms with Crippen LogP contribution in [0.15, 0.2) is 0 Å². The van der Waals surface area contributed by atoms with E-state index in [9.17, 15) is 0 Å². The quantitative estimate of drug-likeness (QED) is 0.773. The van der Waals surface area contributed by atoms with Crippen molar-refractivity contribution in [1.29, 1.82) is 0 Å². The lowest BCUT2D eigenvalue weighted by molar-refractivity contribution is -0.122. The largest absolute Gasteiger partial charge is 0.375 e. The van der Waals surface area contributed by atoms with Crippen molar-refractivity contribution in [3.8, 4) is 0 Å². The first-order valence-corrected chi connectivity index (χ1v) is 9.04. The van der Waals surface area contributed by atoms with E-state index < -0.39 is 0 Å². The normalized spacial score (nSPS) is 27.1. The molecule has 0 aromatic heterocycles. The monoisotopic (exact) mass is 297 g/mol. The summed E-state index contributed by atoms with van der Waals surface area (Å²) in [4.78, 5) is 0. The van der Waals surface area contributed by atoms with Crippen LogP contribution in [0.5, 0.6) is 0 Å². The van der Waals surface area contributed by atoms with Gasteiger partial charge in [0.05, 0.1) is 11.2 Å². The number of hydrogen-bond donors (Lipinski definition) is 1. The minimum absolute atomic E-state index is 0.105. The zero-order valence-electron chi connectivity index (χ0n) is 14.5. The third-order valence-electron chi connectivity index (χ3n) is 5.40. The van der Waals surface area contributed by atoms with E-state index in [2.05, 4.69) is 33.0 Å². The molecule has 1 N–H and O–H groups in total. The predicted molar refractivity (Wildman–Crippen MR) is 87.7 cm³/mol. The summed E-state index contributed by atoms with van der Waals surface area (Å²) in [5, 5.41) is 3.79. The lowest BCUT2D eigenvalue weighted by Crippen LogP contribution is -2.56. The summed E-state index contributed by atoms with van der Waals surface area (Å²) in [6.07, 6.45) is 8.76. The van der Waals surface area contributed by atoms with Gasteiger partial charge in [-0.25, -0.2) is 0 Å². The van der Waals surface area contributed by atoms with Gasteiger partial charge in [0.2, 0.25) is 0 Å². The molecule has 2 aliphatic rings. The van der Waals surface area contributed by atoms with Crippen LogP contribution in [0.1, 0.15) is 72.6 Å². The molecule has 1 aliphatic carbocycles. The SMILES string of the molecule is CCCNC(C1CCOC2(CCCC2)C1)C(C)(C)OCC. The van der Waals surface area contributed by atoms with E-state index >= 15 is 0 Å². The van der Waals surface area contributed by atoms with Crippen molar-refractivity contribution in [2.45, 2.75) is 89.9 Å². The molecule has 2 unspecified atom stereocenters. The fourth-order valence-corrected chi connectivity index (χ4v) is 4.46. The molecule has 2 atom stereocenters. The predicted octanol–water partition coefficient (Wildman–Crippen LogP) is 3.91. The van der Waals surface area contributed by atoms with E-state index in [1.165, 1.54) is 44.9 Å². The highest BCUT2D eigenvalue weighted by Gasteiger charge is 2.45. The third kappa shape index (κ3) is 4.20. The smallest absolute Gasteiger partial charge is 0.0781 e. The lowest BCUT2D eigenvalue weighted by atomic mass is 9.75. The van der Waals surface area contributed by atoms with E-state index in [-0.39, 0.29) is 11.2 Å². The van der Waals surface area contributed by atoms with Crippen LogP contribution in [0.25, 0.3) is 0 Å². The van der Waals surface area contributed by atoms with Gasteiger partial charge in [0.15, 0.2) is 0 Å². The highest BCUT2D eigenvalue weighted by Crippen LogP contribution is 2.44. The number of nitrogens with one attached hydrogen (secondary N) is 1. The first-order valence-electron chi connectivity index (χ1n) is 9.04. The molecule has 0 bridgehead atoms. The van der Waals surface area contributed by atoms with Crippen molar-refractivity contribution in [2.75, 3.05) is 19.8 Å². The van der Waals surface area contributed by atoms with Crippen molar-refractivity contribution >= 4 is 0 Å². The van der Waals surface area contributed by atoms with Gasteiger partial charge in [-0.15, -0.1) is 0 Å². The van der Waals surface area contributed by atoms with Gasteiger partial charge in [-0.3, -0.25) is 0 Å². The van der Waals surface area contributed by atoms with Gasteiger partial charge in [-0.2, -0.15) is 0 Å². The van der Waals surface area contributed by atoms with Crippen LogP contribution < -0.4 is 5.32 Å². The molecule has 2 fully saturated rings.